The molecular weight excluding hydrogens is 733 g/mol. The average Bonchev–Trinajstić information content (AvgIpc) is 3.49. The number of ether oxygens (including phenoxy) is 2. The lowest BCUT2D eigenvalue weighted by molar-refractivity contribution is -0.134. The van der Waals surface area contributed by atoms with Crippen molar-refractivity contribution in [2.24, 2.45) is 0 Å². The van der Waals surface area contributed by atoms with Gasteiger partial charge in [0.1, 0.15) is 11.5 Å². The number of nitrogens with zero attached hydrogens (tertiary/aromatic N) is 2. The molecule has 14 heteroatoms. The molecule has 0 atom stereocenters. The summed E-state index contributed by atoms with van der Waals surface area (Å²) in [5.41, 5.74) is 5.49. The first-order valence-corrected chi connectivity index (χ1v) is 18.7. The molecule has 0 bridgehead atoms. The SMILES string of the molecule is COc1ccc2c(c1)CN(Cc1ccc(C(=O)O)cc1)CCS2.COc1ccc2c(c1)CN(Cc1ccc(C(=O)O)cc1)CCS2.O=C(O)/C=C/C(=O)O. The van der Waals surface area contributed by atoms with E-state index in [-0.39, 0.29) is 0 Å². The molecule has 284 valence electrons. The molecule has 0 radical (unpaired) electrons. The molecule has 0 saturated heterocycles. The molecule has 0 spiro atoms. The second-order valence-corrected chi connectivity index (χ2v) is 14.4. The van der Waals surface area contributed by atoms with E-state index < -0.39 is 23.9 Å². The van der Waals surface area contributed by atoms with E-state index >= 15 is 0 Å². The quantitative estimate of drug-likeness (QED) is 0.125. The van der Waals surface area contributed by atoms with Gasteiger partial charge in [-0.1, -0.05) is 24.3 Å². The minimum Gasteiger partial charge on any atom is -0.497 e. The van der Waals surface area contributed by atoms with E-state index in [1.807, 2.05) is 59.9 Å². The monoisotopic (exact) mass is 774 g/mol. The van der Waals surface area contributed by atoms with Crippen LogP contribution in [-0.2, 0) is 35.8 Å². The molecule has 4 N–H and O–H groups in total. The molecule has 2 aliphatic heterocycles. The summed E-state index contributed by atoms with van der Waals surface area (Å²) >= 11 is 3.75. The lowest BCUT2D eigenvalue weighted by atomic mass is 10.1. The van der Waals surface area contributed by atoms with E-state index in [2.05, 4.69) is 34.1 Å². The Hall–Kier alpha value is -5.28. The minimum absolute atomic E-state index is 0.329. The molecule has 2 aliphatic rings. The molecule has 4 aromatic carbocycles. The number of aliphatic carboxylic acids is 2. The van der Waals surface area contributed by atoms with Crippen LogP contribution in [0.25, 0.3) is 0 Å². The van der Waals surface area contributed by atoms with Crippen LogP contribution in [0.5, 0.6) is 11.5 Å². The van der Waals surface area contributed by atoms with Crippen molar-refractivity contribution in [1.29, 1.82) is 0 Å². The number of carboxylic acids is 4. The predicted molar refractivity (Wildman–Crippen MR) is 207 cm³/mol. The predicted octanol–water partition coefficient (Wildman–Crippen LogP) is 6.71. The van der Waals surface area contributed by atoms with Crippen LogP contribution in [0, 0.1) is 0 Å². The molecule has 0 fully saturated rings. The van der Waals surface area contributed by atoms with Gasteiger partial charge in [0.2, 0.25) is 0 Å². The third-order valence-electron chi connectivity index (χ3n) is 8.24. The van der Waals surface area contributed by atoms with Gasteiger partial charge in [0.05, 0.1) is 25.3 Å². The maximum absolute atomic E-state index is 10.9. The van der Waals surface area contributed by atoms with E-state index in [0.717, 1.165) is 73.4 Å². The van der Waals surface area contributed by atoms with E-state index in [1.54, 1.807) is 38.5 Å². The number of carbonyl (C=O) groups is 4. The summed E-state index contributed by atoms with van der Waals surface area (Å²) < 4.78 is 10.7. The largest absolute Gasteiger partial charge is 0.497 e. The summed E-state index contributed by atoms with van der Waals surface area (Å²) in [6, 6.07) is 26.7. The molecular formula is C40H42N2O10S2. The summed E-state index contributed by atoms with van der Waals surface area (Å²) in [5, 5.41) is 33.6. The fraction of sp³-hybridized carbons (Fsp3) is 0.250. The standard InChI is InChI=1S/2C18H19NO3S.C4H4O4/c2*1-22-16-6-7-17-15(10-16)12-19(8-9-23-17)11-13-2-4-14(5-3-13)18(20)21;5-3(6)1-2-4(7)8/h2*2-7,10H,8-9,11-12H2,1H3,(H,20,21);1-2H,(H,5,6)(H,7,8)/b;;2-1+. The highest BCUT2D eigenvalue weighted by molar-refractivity contribution is 7.99. The lowest BCUT2D eigenvalue weighted by Crippen LogP contribution is -2.24. The first kappa shape index (κ1) is 41.5. The van der Waals surface area contributed by atoms with Crippen LogP contribution >= 0.6 is 23.5 Å². The van der Waals surface area contributed by atoms with Crippen molar-refractivity contribution >= 4 is 47.4 Å². The normalized spacial score (nSPS) is 14.0. The summed E-state index contributed by atoms with van der Waals surface area (Å²) in [5.74, 6) is -0.416. The van der Waals surface area contributed by atoms with E-state index in [1.165, 1.54) is 20.9 Å². The number of methoxy groups -OCH3 is 2. The van der Waals surface area contributed by atoms with Crippen molar-refractivity contribution in [2.45, 2.75) is 36.0 Å². The molecule has 0 aromatic heterocycles. The number of benzene rings is 4. The highest BCUT2D eigenvalue weighted by Crippen LogP contribution is 2.32. The number of rotatable bonds is 10. The second-order valence-electron chi connectivity index (χ2n) is 12.1. The van der Waals surface area contributed by atoms with Crippen LogP contribution in [0.3, 0.4) is 0 Å². The highest BCUT2D eigenvalue weighted by atomic mass is 32.2. The Morgan fingerprint density at radius 2 is 0.963 bits per heavy atom. The van der Waals surface area contributed by atoms with Crippen LogP contribution in [0.2, 0.25) is 0 Å². The van der Waals surface area contributed by atoms with Crippen LogP contribution in [0.4, 0.5) is 0 Å². The smallest absolute Gasteiger partial charge is 0.335 e. The van der Waals surface area contributed by atoms with Crippen molar-refractivity contribution in [2.75, 3.05) is 38.8 Å². The Kier molecular flexibility index (Phi) is 16.0. The topological polar surface area (TPSA) is 174 Å². The van der Waals surface area contributed by atoms with Gasteiger partial charge in [-0.25, -0.2) is 19.2 Å². The summed E-state index contributed by atoms with van der Waals surface area (Å²) in [4.78, 5) is 48.3. The number of thioether (sulfide) groups is 2. The van der Waals surface area contributed by atoms with Crippen LogP contribution < -0.4 is 9.47 Å². The van der Waals surface area contributed by atoms with Gasteiger partial charge in [-0.2, -0.15) is 0 Å². The van der Waals surface area contributed by atoms with E-state index in [0.29, 0.717) is 23.3 Å². The third-order valence-corrected chi connectivity index (χ3v) is 10.4. The molecule has 0 amide bonds. The van der Waals surface area contributed by atoms with Gasteiger partial charge in [-0.3, -0.25) is 9.80 Å². The van der Waals surface area contributed by atoms with Gasteiger partial charge >= 0.3 is 23.9 Å². The van der Waals surface area contributed by atoms with Gasteiger partial charge in [0.25, 0.3) is 0 Å². The highest BCUT2D eigenvalue weighted by Gasteiger charge is 2.18. The van der Waals surface area contributed by atoms with Crippen LogP contribution in [0.15, 0.2) is 107 Å². The van der Waals surface area contributed by atoms with Gasteiger partial charge in [0.15, 0.2) is 0 Å². The molecule has 0 saturated carbocycles. The first-order chi connectivity index (χ1) is 25.9. The van der Waals surface area contributed by atoms with Gasteiger partial charge in [-0.15, -0.1) is 23.5 Å². The third kappa shape index (κ3) is 13.3. The van der Waals surface area contributed by atoms with E-state index in [4.69, 9.17) is 29.9 Å². The minimum atomic E-state index is -1.26. The number of hydrogen-bond acceptors (Lipinski definition) is 10. The van der Waals surface area contributed by atoms with Crippen LogP contribution in [0.1, 0.15) is 43.0 Å². The zero-order chi connectivity index (χ0) is 39.0. The van der Waals surface area contributed by atoms with Gasteiger partial charge < -0.3 is 29.9 Å². The number of hydrogen-bond donors (Lipinski definition) is 4. The Balaban J connectivity index is 0.000000201. The molecule has 4 aromatic rings. The zero-order valence-electron chi connectivity index (χ0n) is 29.8. The molecule has 54 heavy (non-hydrogen) atoms. The molecule has 6 rings (SSSR count). The zero-order valence-corrected chi connectivity index (χ0v) is 31.5. The molecule has 0 aliphatic carbocycles. The van der Waals surface area contributed by atoms with Crippen molar-refractivity contribution in [3.8, 4) is 11.5 Å². The maximum Gasteiger partial charge on any atom is 0.335 e. The number of carboxylic acid groups (broad SMARTS) is 4. The van der Waals surface area contributed by atoms with E-state index in [9.17, 15) is 19.2 Å². The number of aromatic carboxylic acids is 2. The Labute approximate surface area is 322 Å². The fourth-order valence-electron chi connectivity index (χ4n) is 5.54. The first-order valence-electron chi connectivity index (χ1n) is 16.8. The summed E-state index contributed by atoms with van der Waals surface area (Å²) in [6.45, 7) is 5.39. The average molecular weight is 775 g/mol. The number of fused-ring (bicyclic) bond motifs is 2. The van der Waals surface area contributed by atoms with Crippen molar-refractivity contribution in [1.82, 2.24) is 9.80 Å². The Bertz CT molecular complexity index is 1800. The second kappa shape index (κ2) is 20.8. The summed E-state index contributed by atoms with van der Waals surface area (Å²) in [6.07, 6.45) is 1.12. The lowest BCUT2D eigenvalue weighted by Gasteiger charge is -2.20. The fourth-order valence-corrected chi connectivity index (χ4v) is 7.62. The van der Waals surface area contributed by atoms with Gasteiger partial charge in [-0.05, 0) is 82.9 Å². The molecule has 2 heterocycles. The van der Waals surface area contributed by atoms with Crippen molar-refractivity contribution in [3.05, 3.63) is 130 Å². The van der Waals surface area contributed by atoms with Crippen molar-refractivity contribution < 1.29 is 49.1 Å². The summed E-state index contributed by atoms with van der Waals surface area (Å²) in [7, 11) is 3.38. The van der Waals surface area contributed by atoms with Crippen molar-refractivity contribution in [3.63, 3.8) is 0 Å². The molecule has 0 unspecified atom stereocenters. The maximum atomic E-state index is 10.9. The van der Waals surface area contributed by atoms with Gasteiger partial charge in [0, 0.05) is 72.7 Å². The Morgan fingerprint density at radius 3 is 1.28 bits per heavy atom. The molecule has 12 nitrogen and oxygen atoms in total. The van der Waals surface area contributed by atoms with Crippen LogP contribution in [-0.4, -0.2) is 92.9 Å². The Morgan fingerprint density at radius 1 is 0.593 bits per heavy atom.